The van der Waals surface area contributed by atoms with Crippen molar-refractivity contribution in [1.82, 2.24) is 9.88 Å². The van der Waals surface area contributed by atoms with Gasteiger partial charge in [0, 0.05) is 30.4 Å². The number of rotatable bonds is 5. The molecule has 1 aliphatic rings. The summed E-state index contributed by atoms with van der Waals surface area (Å²) in [7, 11) is 0. The molecule has 1 aromatic heterocycles. The average Bonchev–Trinajstić information content (AvgIpc) is 3.36. The van der Waals surface area contributed by atoms with E-state index in [1.165, 1.54) is 18.3 Å². The van der Waals surface area contributed by atoms with E-state index < -0.39 is 17.6 Å². The summed E-state index contributed by atoms with van der Waals surface area (Å²) in [4.78, 5) is 31.5. The van der Waals surface area contributed by atoms with Crippen molar-refractivity contribution >= 4 is 40.8 Å². The monoisotopic (exact) mass is 481 g/mol. The second-order valence-electron chi connectivity index (χ2n) is 7.58. The van der Waals surface area contributed by atoms with Gasteiger partial charge in [0.1, 0.15) is 17.5 Å². The van der Waals surface area contributed by atoms with E-state index >= 15 is 0 Å². The van der Waals surface area contributed by atoms with E-state index in [4.69, 9.17) is 17.0 Å². The first-order chi connectivity index (χ1) is 15.9. The van der Waals surface area contributed by atoms with Crippen LogP contribution >= 0.6 is 11.6 Å². The van der Waals surface area contributed by atoms with Crippen LogP contribution in [0.4, 0.5) is 15.9 Å². The number of amides is 2. The predicted molar refractivity (Wildman–Crippen MR) is 132 cm³/mol. The van der Waals surface area contributed by atoms with E-state index in [2.05, 4.69) is 15.6 Å². The van der Waals surface area contributed by atoms with Crippen molar-refractivity contribution in [3.05, 3.63) is 88.3 Å². The van der Waals surface area contributed by atoms with Crippen molar-refractivity contribution < 1.29 is 14.0 Å². The molecule has 2 heterocycles. The standard InChI is InChI=1S/C24H21ClFN5O2.CH4/c25-17-7-10-21(28-14-17)30-24(33)19-13-18(26)8-9-20(19)29-23(32)16-5-3-15(4-6-16)22(27)31-11-1-2-12-31;/h3-10,13-14,27H,1-2,11-12H2,(H,29,32)(H,28,30,33);1H4. The van der Waals surface area contributed by atoms with Crippen molar-refractivity contribution in [2.75, 3.05) is 23.7 Å². The largest absolute Gasteiger partial charge is 0.357 e. The summed E-state index contributed by atoms with van der Waals surface area (Å²) in [6.07, 6.45) is 3.52. The van der Waals surface area contributed by atoms with Gasteiger partial charge < -0.3 is 15.5 Å². The van der Waals surface area contributed by atoms with E-state index in [1.54, 1.807) is 30.3 Å². The molecule has 3 aromatic rings. The number of likely N-dealkylation sites (tertiary alicyclic amines) is 1. The summed E-state index contributed by atoms with van der Waals surface area (Å²) in [5, 5.41) is 13.9. The molecule has 1 aliphatic heterocycles. The Morgan fingerprint density at radius 2 is 1.62 bits per heavy atom. The number of pyridine rings is 1. The molecule has 4 rings (SSSR count). The maximum Gasteiger partial charge on any atom is 0.259 e. The van der Waals surface area contributed by atoms with Crippen molar-refractivity contribution in [3.8, 4) is 0 Å². The molecule has 2 amide bonds. The van der Waals surface area contributed by atoms with Gasteiger partial charge in [-0.1, -0.05) is 31.2 Å². The number of halogens is 2. The molecule has 0 saturated carbocycles. The molecule has 0 bridgehead atoms. The lowest BCUT2D eigenvalue weighted by Gasteiger charge is -2.18. The number of nitrogens with zero attached hydrogens (tertiary/aromatic N) is 2. The van der Waals surface area contributed by atoms with Gasteiger partial charge in [-0.05, 0) is 55.3 Å². The van der Waals surface area contributed by atoms with Crippen LogP contribution in [0.2, 0.25) is 5.02 Å². The van der Waals surface area contributed by atoms with Gasteiger partial charge in [-0.25, -0.2) is 9.37 Å². The number of carbonyl (C=O) groups excluding carboxylic acids is 2. The zero-order valence-corrected chi connectivity index (χ0v) is 18.3. The minimum atomic E-state index is -0.631. The van der Waals surface area contributed by atoms with Crippen LogP contribution in [-0.2, 0) is 0 Å². The Labute approximate surface area is 202 Å². The maximum atomic E-state index is 13.9. The van der Waals surface area contributed by atoms with E-state index in [0.29, 0.717) is 16.4 Å². The van der Waals surface area contributed by atoms with Crippen molar-refractivity contribution in [3.63, 3.8) is 0 Å². The lowest BCUT2D eigenvalue weighted by atomic mass is 10.1. The third-order valence-electron chi connectivity index (χ3n) is 5.29. The molecule has 0 unspecified atom stereocenters. The Kier molecular flexibility index (Phi) is 7.96. The normalized spacial score (nSPS) is 12.6. The molecule has 7 nitrogen and oxygen atoms in total. The van der Waals surface area contributed by atoms with Gasteiger partial charge in [0.2, 0.25) is 0 Å². The fraction of sp³-hybridized carbons (Fsp3) is 0.200. The molecular weight excluding hydrogens is 457 g/mol. The summed E-state index contributed by atoms with van der Waals surface area (Å²) < 4.78 is 13.9. The summed E-state index contributed by atoms with van der Waals surface area (Å²) in [6, 6.07) is 13.3. The summed E-state index contributed by atoms with van der Waals surface area (Å²) in [6.45, 7) is 1.73. The molecule has 176 valence electrons. The first-order valence-electron chi connectivity index (χ1n) is 10.4. The van der Waals surface area contributed by atoms with Crippen LogP contribution in [0, 0.1) is 11.2 Å². The highest BCUT2D eigenvalue weighted by Gasteiger charge is 2.18. The first kappa shape index (κ1) is 24.9. The summed E-state index contributed by atoms with van der Waals surface area (Å²) in [5.74, 6) is -1.03. The van der Waals surface area contributed by atoms with Crippen molar-refractivity contribution in [2.45, 2.75) is 20.3 Å². The highest BCUT2D eigenvalue weighted by Crippen LogP contribution is 2.21. The van der Waals surface area contributed by atoms with Crippen LogP contribution in [0.15, 0.2) is 60.8 Å². The van der Waals surface area contributed by atoms with Crippen LogP contribution in [0.25, 0.3) is 0 Å². The Bertz CT molecular complexity index is 1190. The molecule has 0 atom stereocenters. The number of benzene rings is 2. The van der Waals surface area contributed by atoms with Crippen LogP contribution in [0.1, 0.15) is 46.5 Å². The third-order valence-corrected chi connectivity index (χ3v) is 5.51. The van der Waals surface area contributed by atoms with Gasteiger partial charge in [-0.15, -0.1) is 0 Å². The van der Waals surface area contributed by atoms with E-state index in [1.807, 2.05) is 4.90 Å². The Morgan fingerprint density at radius 1 is 0.941 bits per heavy atom. The fourth-order valence-electron chi connectivity index (χ4n) is 3.54. The first-order valence-corrected chi connectivity index (χ1v) is 10.8. The molecule has 1 fully saturated rings. The predicted octanol–water partition coefficient (Wildman–Crippen LogP) is 5.44. The maximum absolute atomic E-state index is 13.9. The van der Waals surface area contributed by atoms with Crippen molar-refractivity contribution in [1.29, 1.82) is 5.41 Å². The quantitative estimate of drug-likeness (QED) is 0.334. The molecule has 2 aromatic carbocycles. The molecule has 0 spiro atoms. The molecular formula is C25H25ClFN5O2. The van der Waals surface area contributed by atoms with Crippen molar-refractivity contribution in [2.24, 2.45) is 0 Å². The van der Waals surface area contributed by atoms with Gasteiger partial charge in [0.15, 0.2) is 0 Å². The molecule has 9 heteroatoms. The minimum absolute atomic E-state index is 0. The lowest BCUT2D eigenvalue weighted by molar-refractivity contribution is 0.102. The van der Waals surface area contributed by atoms with Crippen LogP contribution < -0.4 is 10.6 Å². The van der Waals surface area contributed by atoms with Gasteiger partial charge >= 0.3 is 0 Å². The topological polar surface area (TPSA) is 98.2 Å². The number of carbonyl (C=O) groups is 2. The fourth-order valence-corrected chi connectivity index (χ4v) is 3.66. The van der Waals surface area contributed by atoms with E-state index in [9.17, 15) is 14.0 Å². The second kappa shape index (κ2) is 10.9. The minimum Gasteiger partial charge on any atom is -0.357 e. The van der Waals surface area contributed by atoms with Gasteiger partial charge in [0.05, 0.1) is 16.3 Å². The molecule has 0 aliphatic carbocycles. The Hall–Kier alpha value is -3.78. The summed E-state index contributed by atoms with van der Waals surface area (Å²) in [5.41, 5.74) is 1.18. The number of nitrogens with one attached hydrogen (secondary N) is 3. The van der Waals surface area contributed by atoms with Crippen LogP contribution in [-0.4, -0.2) is 40.6 Å². The summed E-state index contributed by atoms with van der Waals surface area (Å²) >= 11 is 5.80. The zero-order chi connectivity index (χ0) is 23.4. The molecule has 1 saturated heterocycles. The van der Waals surface area contributed by atoms with Crippen LogP contribution in [0.3, 0.4) is 0 Å². The number of anilines is 2. The SMILES string of the molecule is C.N=C(c1ccc(C(=O)Nc2ccc(F)cc2C(=O)Nc2ccc(Cl)cn2)cc1)N1CCCC1. The molecule has 34 heavy (non-hydrogen) atoms. The average molecular weight is 482 g/mol. The zero-order valence-electron chi connectivity index (χ0n) is 17.6. The second-order valence-corrected chi connectivity index (χ2v) is 8.02. The number of aromatic nitrogens is 1. The number of hydrogen-bond donors (Lipinski definition) is 3. The van der Waals surface area contributed by atoms with Gasteiger partial charge in [0.25, 0.3) is 11.8 Å². The van der Waals surface area contributed by atoms with E-state index in [-0.39, 0.29) is 24.5 Å². The lowest BCUT2D eigenvalue weighted by Crippen LogP contribution is -2.27. The highest BCUT2D eigenvalue weighted by atomic mass is 35.5. The number of amidine groups is 1. The Balaban J connectivity index is 0.00000324. The van der Waals surface area contributed by atoms with Gasteiger partial charge in [-0.2, -0.15) is 0 Å². The number of hydrogen-bond acceptors (Lipinski definition) is 4. The van der Waals surface area contributed by atoms with Gasteiger partial charge in [-0.3, -0.25) is 15.0 Å². The smallest absolute Gasteiger partial charge is 0.259 e. The van der Waals surface area contributed by atoms with Crippen LogP contribution in [0.5, 0.6) is 0 Å². The molecule has 0 radical (unpaired) electrons. The molecule has 3 N–H and O–H groups in total. The third kappa shape index (κ3) is 5.77. The highest BCUT2D eigenvalue weighted by molar-refractivity contribution is 6.30. The van der Waals surface area contributed by atoms with E-state index in [0.717, 1.165) is 43.6 Å². The Morgan fingerprint density at radius 3 is 2.26 bits per heavy atom.